The molecule has 3 heterocycles. The fourth-order valence-electron chi connectivity index (χ4n) is 7.05. The Morgan fingerprint density at radius 2 is 1.43 bits per heavy atom. The van der Waals surface area contributed by atoms with Gasteiger partial charge < -0.3 is 14.2 Å². The van der Waals surface area contributed by atoms with Gasteiger partial charge in [0, 0.05) is 51.9 Å². The van der Waals surface area contributed by atoms with Crippen molar-refractivity contribution in [2.75, 3.05) is 27.9 Å². The van der Waals surface area contributed by atoms with Gasteiger partial charge in [0.1, 0.15) is 12.6 Å². The van der Waals surface area contributed by atoms with Crippen molar-refractivity contribution in [1.82, 2.24) is 9.80 Å². The normalized spacial score (nSPS) is 30.7. The Labute approximate surface area is 231 Å². The first-order valence-electron chi connectivity index (χ1n) is 13.2. The summed E-state index contributed by atoms with van der Waals surface area (Å²) in [6.07, 6.45) is 0.298. The largest absolute Gasteiger partial charge is 0.492 e. The van der Waals surface area contributed by atoms with Crippen LogP contribution in [0.2, 0.25) is 0 Å². The molecular weight excluding hydrogens is 518 g/mol. The van der Waals surface area contributed by atoms with Crippen LogP contribution in [0.5, 0.6) is 0 Å². The van der Waals surface area contributed by atoms with Crippen LogP contribution in [0.25, 0.3) is 0 Å². The van der Waals surface area contributed by atoms with Crippen molar-refractivity contribution in [3.63, 3.8) is 0 Å². The van der Waals surface area contributed by atoms with E-state index in [-0.39, 0.29) is 76.8 Å². The predicted molar refractivity (Wildman–Crippen MR) is 138 cm³/mol. The van der Waals surface area contributed by atoms with Gasteiger partial charge >= 0.3 is 5.97 Å². The molecule has 0 aromatic heterocycles. The molecule has 5 unspecified atom stereocenters. The second kappa shape index (κ2) is 9.94. The number of Topliss-reactive ketones (excluding diaryl/α,β-unsaturated/α-hetero) is 4. The maximum Gasteiger partial charge on any atom is 0.305 e. The summed E-state index contributed by atoms with van der Waals surface area (Å²) in [4.78, 5) is 70.5. The summed E-state index contributed by atoms with van der Waals surface area (Å²) >= 11 is 0. The van der Waals surface area contributed by atoms with E-state index in [0.717, 1.165) is 0 Å². The van der Waals surface area contributed by atoms with Crippen molar-refractivity contribution in [2.45, 2.75) is 70.2 Å². The molecule has 0 amide bonds. The molecule has 0 aromatic carbocycles. The van der Waals surface area contributed by atoms with Gasteiger partial charge in [0.05, 0.1) is 32.4 Å². The van der Waals surface area contributed by atoms with Crippen molar-refractivity contribution in [2.24, 2.45) is 0 Å². The third kappa shape index (κ3) is 3.66. The Bertz CT molecular complexity index is 1440. The molecule has 40 heavy (non-hydrogen) atoms. The lowest BCUT2D eigenvalue weighted by molar-refractivity contribution is -0.147. The highest BCUT2D eigenvalue weighted by Crippen LogP contribution is 2.49. The molecule has 0 N–H and O–H groups in total. The molecule has 2 aliphatic carbocycles. The second-order valence-corrected chi connectivity index (χ2v) is 10.6. The standard InChI is InChI=1S/C29H31N3O8/c1-7-20(33)40-11-19-21-14(24(34)12(2)28(38-5)26(21)36)9-17-23-22-15(25(35)13(3)29(39-6)27(22)37)8-16(31(23)4)18(10-30)32(17)19/h16-19,23H,7-9,11H2,1-6H3. The van der Waals surface area contributed by atoms with Crippen LogP contribution in [0.15, 0.2) is 45.0 Å². The van der Waals surface area contributed by atoms with Crippen LogP contribution in [0.4, 0.5) is 0 Å². The molecule has 1 fully saturated rings. The van der Waals surface area contributed by atoms with Gasteiger partial charge in [0.25, 0.3) is 0 Å². The first-order valence-corrected chi connectivity index (χ1v) is 13.2. The summed E-state index contributed by atoms with van der Waals surface area (Å²) in [5.74, 6) is -2.17. The number of carbonyl (C=O) groups is 5. The SMILES string of the molecule is CCC(=O)OCC1C2=C(CC3C4C5=C(CC(C(C#N)N13)N4C)C(=O)C(C)=C(OC)C5=O)C(=O)C(C)=C(OC)C2=O. The lowest BCUT2D eigenvalue weighted by Crippen LogP contribution is -2.74. The average molecular weight is 550 g/mol. The molecule has 0 radical (unpaired) electrons. The number of rotatable bonds is 5. The number of fused-ring (bicyclic) bond motifs is 5. The van der Waals surface area contributed by atoms with Gasteiger partial charge in [0.2, 0.25) is 11.6 Å². The highest BCUT2D eigenvalue weighted by molar-refractivity contribution is 6.26. The monoisotopic (exact) mass is 549 g/mol. The third-order valence-electron chi connectivity index (χ3n) is 8.90. The molecule has 0 spiro atoms. The van der Waals surface area contributed by atoms with Crippen LogP contribution in [0, 0.1) is 11.3 Å². The molecule has 5 aliphatic rings. The zero-order chi connectivity index (χ0) is 29.2. The number of allylic oxidation sites excluding steroid dienone is 4. The quantitative estimate of drug-likeness (QED) is 0.359. The third-order valence-corrected chi connectivity index (χ3v) is 8.90. The Morgan fingerprint density at radius 1 is 0.900 bits per heavy atom. The number of methoxy groups -OCH3 is 2. The second-order valence-electron chi connectivity index (χ2n) is 10.6. The summed E-state index contributed by atoms with van der Waals surface area (Å²) < 4.78 is 16.2. The summed E-state index contributed by atoms with van der Waals surface area (Å²) in [6, 6.07) is -1.24. The van der Waals surface area contributed by atoms with E-state index in [1.807, 2.05) is 9.80 Å². The maximum atomic E-state index is 13.8. The van der Waals surface area contributed by atoms with Crippen LogP contribution >= 0.6 is 0 Å². The Morgan fingerprint density at radius 3 is 1.95 bits per heavy atom. The summed E-state index contributed by atoms with van der Waals surface area (Å²) in [5.41, 5.74) is 1.41. The number of nitriles is 1. The maximum absolute atomic E-state index is 13.8. The lowest BCUT2D eigenvalue weighted by atomic mass is 9.67. The summed E-state index contributed by atoms with van der Waals surface area (Å²) in [6.45, 7) is 4.45. The number of ketones is 4. The molecule has 1 saturated heterocycles. The van der Waals surface area contributed by atoms with Gasteiger partial charge in [-0.25, -0.2) is 0 Å². The average Bonchev–Trinajstić information content (AvgIpc) is 2.93. The number of hydrogen-bond donors (Lipinski definition) is 0. The molecule has 5 rings (SSSR count). The number of esters is 1. The van der Waals surface area contributed by atoms with Gasteiger partial charge in [-0.15, -0.1) is 0 Å². The van der Waals surface area contributed by atoms with Crippen LogP contribution < -0.4 is 0 Å². The van der Waals surface area contributed by atoms with Crippen LogP contribution in [-0.4, -0.2) is 97.0 Å². The zero-order valence-electron chi connectivity index (χ0n) is 23.3. The van der Waals surface area contributed by atoms with Crippen LogP contribution in [-0.2, 0) is 38.2 Å². The smallest absolute Gasteiger partial charge is 0.305 e. The predicted octanol–water partition coefficient (Wildman–Crippen LogP) is 1.10. The molecule has 0 aromatic rings. The highest BCUT2D eigenvalue weighted by atomic mass is 16.5. The van der Waals surface area contributed by atoms with E-state index in [1.54, 1.807) is 20.9 Å². The van der Waals surface area contributed by atoms with Crippen molar-refractivity contribution in [3.8, 4) is 6.07 Å². The van der Waals surface area contributed by atoms with Gasteiger partial charge in [-0.2, -0.15) is 5.26 Å². The van der Waals surface area contributed by atoms with E-state index in [4.69, 9.17) is 14.2 Å². The molecule has 11 heteroatoms. The van der Waals surface area contributed by atoms with Crippen molar-refractivity contribution < 1.29 is 38.2 Å². The van der Waals surface area contributed by atoms with E-state index >= 15 is 0 Å². The number of likely N-dealkylation sites (N-methyl/N-ethyl adjacent to an activating group) is 1. The van der Waals surface area contributed by atoms with E-state index in [9.17, 15) is 29.2 Å². The van der Waals surface area contributed by atoms with Gasteiger partial charge in [0.15, 0.2) is 23.1 Å². The molecule has 2 bridgehead atoms. The Hall–Kier alpha value is -3.88. The Kier molecular flexibility index (Phi) is 6.88. The number of ether oxygens (including phenoxy) is 3. The van der Waals surface area contributed by atoms with Crippen LogP contribution in [0.3, 0.4) is 0 Å². The molecule has 5 atom stereocenters. The fraction of sp³-hybridized carbons (Fsp3) is 0.517. The zero-order valence-corrected chi connectivity index (χ0v) is 23.3. The minimum atomic E-state index is -0.932. The first-order chi connectivity index (χ1) is 19.0. The van der Waals surface area contributed by atoms with Crippen molar-refractivity contribution in [1.29, 1.82) is 5.26 Å². The minimum Gasteiger partial charge on any atom is -0.492 e. The van der Waals surface area contributed by atoms with Crippen molar-refractivity contribution in [3.05, 3.63) is 45.0 Å². The molecule has 3 aliphatic heterocycles. The number of nitrogens with zero attached hydrogens (tertiary/aromatic N) is 3. The summed E-state index contributed by atoms with van der Waals surface area (Å²) in [7, 11) is 4.46. The summed E-state index contributed by atoms with van der Waals surface area (Å²) in [5, 5.41) is 10.5. The van der Waals surface area contributed by atoms with Gasteiger partial charge in [-0.1, -0.05) is 6.92 Å². The van der Waals surface area contributed by atoms with E-state index < -0.39 is 47.7 Å². The lowest BCUT2D eigenvalue weighted by Gasteiger charge is -2.60. The number of carbonyl (C=O) groups excluding carboxylic acids is 5. The first kappa shape index (κ1) is 27.7. The van der Waals surface area contributed by atoms with E-state index in [2.05, 4.69) is 6.07 Å². The molecule has 210 valence electrons. The molecule has 0 saturated carbocycles. The molecular formula is C29H31N3O8. The highest BCUT2D eigenvalue weighted by Gasteiger charge is 2.60. The van der Waals surface area contributed by atoms with Crippen LogP contribution in [0.1, 0.15) is 40.0 Å². The van der Waals surface area contributed by atoms with Gasteiger partial charge in [-0.3, -0.25) is 33.8 Å². The molecule has 11 nitrogen and oxygen atoms in total. The minimum absolute atomic E-state index is 0.0267. The van der Waals surface area contributed by atoms with E-state index in [1.165, 1.54) is 21.1 Å². The van der Waals surface area contributed by atoms with Crippen molar-refractivity contribution >= 4 is 29.1 Å². The topological polar surface area (TPSA) is 143 Å². The van der Waals surface area contributed by atoms with E-state index in [0.29, 0.717) is 5.57 Å². The number of piperazine rings is 1. The Balaban J connectivity index is 1.72. The fourth-order valence-corrected chi connectivity index (χ4v) is 7.05. The number of hydrogen-bond acceptors (Lipinski definition) is 11. The van der Waals surface area contributed by atoms with Gasteiger partial charge in [-0.05, 0) is 33.7 Å².